The second-order valence-electron chi connectivity index (χ2n) is 3.98. The summed E-state index contributed by atoms with van der Waals surface area (Å²) in [4.78, 5) is 0.111. The van der Waals surface area contributed by atoms with Crippen molar-refractivity contribution in [2.75, 3.05) is 18.6 Å². The fourth-order valence-electron chi connectivity index (χ4n) is 1.69. The van der Waals surface area contributed by atoms with Gasteiger partial charge in [-0.15, -0.1) is 0 Å². The Labute approximate surface area is 101 Å². The van der Waals surface area contributed by atoms with Gasteiger partial charge in [-0.1, -0.05) is 13.3 Å². The Hall–Kier alpha value is -1.08. The lowest BCUT2D eigenvalue weighted by Gasteiger charge is -2.01. The van der Waals surface area contributed by atoms with Gasteiger partial charge in [0.05, 0.1) is 18.8 Å². The third kappa shape index (κ3) is 3.19. The van der Waals surface area contributed by atoms with Crippen LogP contribution in [0.4, 0.5) is 5.82 Å². The van der Waals surface area contributed by atoms with Crippen molar-refractivity contribution in [2.24, 2.45) is 0 Å². The molecule has 98 valence electrons. The van der Waals surface area contributed by atoms with E-state index in [0.717, 1.165) is 19.1 Å². The van der Waals surface area contributed by atoms with E-state index in [-0.39, 0.29) is 23.9 Å². The first-order valence-corrected chi connectivity index (χ1v) is 7.47. The summed E-state index contributed by atoms with van der Waals surface area (Å²) in [6.45, 7) is 2.11. The van der Waals surface area contributed by atoms with E-state index in [0.29, 0.717) is 12.1 Å². The lowest BCUT2D eigenvalue weighted by molar-refractivity contribution is 0.270. The van der Waals surface area contributed by atoms with E-state index in [1.54, 1.807) is 0 Å². The molecule has 0 atom stereocenters. The smallest absolute Gasteiger partial charge is 0.181 e. The Morgan fingerprint density at radius 1 is 1.47 bits per heavy atom. The van der Waals surface area contributed by atoms with Gasteiger partial charge in [0.2, 0.25) is 0 Å². The highest BCUT2D eigenvalue weighted by molar-refractivity contribution is 7.91. The molecule has 0 aliphatic heterocycles. The maximum atomic E-state index is 11.7. The van der Waals surface area contributed by atoms with Crippen molar-refractivity contribution in [3.8, 4) is 0 Å². The average Bonchev–Trinajstić information content (AvgIpc) is 2.53. The molecule has 0 radical (unpaired) electrons. The third-order valence-corrected chi connectivity index (χ3v) is 3.65. The number of aromatic nitrogens is 2. The number of rotatable bonds is 6. The number of aliphatic hydroxyl groups is 1. The second-order valence-corrected chi connectivity index (χ2v) is 5.94. The lowest BCUT2D eigenvalue weighted by Crippen LogP contribution is -2.09. The molecule has 3 N–H and O–H groups in total. The number of aryl methyl sites for hydroxylation is 1. The normalized spacial score (nSPS) is 11.9. The quantitative estimate of drug-likeness (QED) is 0.762. The summed E-state index contributed by atoms with van der Waals surface area (Å²) in [5, 5.41) is 13.0. The summed E-state index contributed by atoms with van der Waals surface area (Å²) >= 11 is 0. The standard InChI is InChI=1S/C10H19N3O3S/c1-3-4-5-8-9(17(2,15)16)10(11)13(12-8)6-7-14/h14H,3-7,11H2,1-2H3. The van der Waals surface area contributed by atoms with Gasteiger partial charge in [-0.05, 0) is 12.8 Å². The predicted octanol–water partition coefficient (Wildman–Crippen LogP) is 0.204. The average molecular weight is 261 g/mol. The molecule has 0 saturated carbocycles. The monoisotopic (exact) mass is 261 g/mol. The molecule has 1 heterocycles. The summed E-state index contributed by atoms with van der Waals surface area (Å²) in [5.74, 6) is 0.118. The second kappa shape index (κ2) is 5.50. The summed E-state index contributed by atoms with van der Waals surface area (Å²) < 4.78 is 24.7. The highest BCUT2D eigenvalue weighted by Crippen LogP contribution is 2.24. The Bertz CT molecular complexity index is 479. The number of anilines is 1. The number of sulfone groups is 1. The topological polar surface area (TPSA) is 98.2 Å². The number of aliphatic hydroxyl groups excluding tert-OH is 1. The van der Waals surface area contributed by atoms with Crippen LogP contribution < -0.4 is 5.73 Å². The number of nitrogen functional groups attached to an aromatic ring is 1. The van der Waals surface area contributed by atoms with Crippen LogP contribution in [0.1, 0.15) is 25.5 Å². The molecule has 0 fully saturated rings. The Morgan fingerprint density at radius 3 is 2.59 bits per heavy atom. The van der Waals surface area contributed by atoms with Crippen molar-refractivity contribution in [3.05, 3.63) is 5.69 Å². The van der Waals surface area contributed by atoms with E-state index in [9.17, 15) is 8.42 Å². The van der Waals surface area contributed by atoms with Crippen LogP contribution >= 0.6 is 0 Å². The number of unbranched alkanes of at least 4 members (excludes halogenated alkanes) is 1. The van der Waals surface area contributed by atoms with Crippen LogP contribution in [0.2, 0.25) is 0 Å². The fraction of sp³-hybridized carbons (Fsp3) is 0.700. The summed E-state index contributed by atoms with van der Waals surface area (Å²) in [6.07, 6.45) is 3.52. The van der Waals surface area contributed by atoms with Gasteiger partial charge in [0.1, 0.15) is 10.7 Å². The Morgan fingerprint density at radius 2 is 2.12 bits per heavy atom. The van der Waals surface area contributed by atoms with Gasteiger partial charge in [0.25, 0.3) is 0 Å². The number of nitrogens with two attached hydrogens (primary N) is 1. The van der Waals surface area contributed by atoms with Crippen molar-refractivity contribution >= 4 is 15.7 Å². The molecule has 0 unspecified atom stereocenters. The fourth-order valence-corrected chi connectivity index (χ4v) is 2.74. The van der Waals surface area contributed by atoms with Crippen molar-refractivity contribution in [3.63, 3.8) is 0 Å². The molecular formula is C10H19N3O3S. The maximum absolute atomic E-state index is 11.7. The largest absolute Gasteiger partial charge is 0.394 e. The first-order valence-electron chi connectivity index (χ1n) is 5.57. The van der Waals surface area contributed by atoms with Gasteiger partial charge < -0.3 is 10.8 Å². The molecule has 0 bridgehead atoms. The van der Waals surface area contributed by atoms with Gasteiger partial charge in [-0.25, -0.2) is 13.1 Å². The van der Waals surface area contributed by atoms with Crippen LogP contribution in [-0.4, -0.2) is 36.2 Å². The maximum Gasteiger partial charge on any atom is 0.181 e. The van der Waals surface area contributed by atoms with Crippen molar-refractivity contribution in [1.29, 1.82) is 0 Å². The Kier molecular flexibility index (Phi) is 4.53. The minimum Gasteiger partial charge on any atom is -0.394 e. The zero-order valence-electron chi connectivity index (χ0n) is 10.2. The van der Waals surface area contributed by atoms with Crippen LogP contribution in [0.15, 0.2) is 4.90 Å². The van der Waals surface area contributed by atoms with Crippen molar-refractivity contribution < 1.29 is 13.5 Å². The molecule has 6 nitrogen and oxygen atoms in total. The minimum absolute atomic E-state index is 0.111. The van der Waals surface area contributed by atoms with E-state index in [1.807, 2.05) is 6.92 Å². The summed E-state index contributed by atoms with van der Waals surface area (Å²) in [7, 11) is -3.38. The van der Waals surface area contributed by atoms with Gasteiger partial charge in [0.15, 0.2) is 9.84 Å². The van der Waals surface area contributed by atoms with E-state index in [1.165, 1.54) is 4.68 Å². The van der Waals surface area contributed by atoms with Crippen LogP contribution in [0.25, 0.3) is 0 Å². The molecular weight excluding hydrogens is 242 g/mol. The number of hydrogen-bond acceptors (Lipinski definition) is 5. The SMILES string of the molecule is CCCCc1nn(CCO)c(N)c1S(C)(=O)=O. The van der Waals surface area contributed by atoms with Gasteiger partial charge >= 0.3 is 0 Å². The molecule has 1 aromatic heterocycles. The molecule has 17 heavy (non-hydrogen) atoms. The minimum atomic E-state index is -3.38. The van der Waals surface area contributed by atoms with Crippen LogP contribution in [0.3, 0.4) is 0 Å². The molecule has 0 aromatic carbocycles. The van der Waals surface area contributed by atoms with Crippen LogP contribution in [0.5, 0.6) is 0 Å². The van der Waals surface area contributed by atoms with Crippen LogP contribution in [0, 0.1) is 0 Å². The Balaban J connectivity index is 3.22. The predicted molar refractivity (Wildman–Crippen MR) is 65.4 cm³/mol. The highest BCUT2D eigenvalue weighted by Gasteiger charge is 2.23. The highest BCUT2D eigenvalue weighted by atomic mass is 32.2. The molecule has 0 aliphatic rings. The lowest BCUT2D eigenvalue weighted by atomic mass is 10.2. The van der Waals surface area contributed by atoms with Crippen molar-refractivity contribution in [1.82, 2.24) is 9.78 Å². The number of nitrogens with zero attached hydrogens (tertiary/aromatic N) is 2. The van der Waals surface area contributed by atoms with Crippen molar-refractivity contribution in [2.45, 2.75) is 37.6 Å². The van der Waals surface area contributed by atoms with Gasteiger partial charge in [-0.3, -0.25) is 0 Å². The van der Waals surface area contributed by atoms with Crippen LogP contribution in [-0.2, 0) is 22.8 Å². The first kappa shape index (κ1) is 14.0. The third-order valence-electron chi connectivity index (χ3n) is 2.46. The van der Waals surface area contributed by atoms with E-state index < -0.39 is 9.84 Å². The van der Waals surface area contributed by atoms with Gasteiger partial charge in [-0.2, -0.15) is 5.10 Å². The van der Waals surface area contributed by atoms with E-state index >= 15 is 0 Å². The van der Waals surface area contributed by atoms with Gasteiger partial charge in [0, 0.05) is 6.26 Å². The first-order chi connectivity index (χ1) is 7.91. The molecule has 0 saturated heterocycles. The zero-order valence-corrected chi connectivity index (χ0v) is 11.0. The molecule has 1 rings (SSSR count). The number of hydrogen-bond donors (Lipinski definition) is 2. The van der Waals surface area contributed by atoms with E-state index in [4.69, 9.17) is 10.8 Å². The summed E-state index contributed by atoms with van der Waals surface area (Å²) in [5.41, 5.74) is 6.26. The molecule has 0 aliphatic carbocycles. The zero-order chi connectivity index (χ0) is 13.1. The van der Waals surface area contributed by atoms with E-state index in [2.05, 4.69) is 5.10 Å². The summed E-state index contributed by atoms with van der Waals surface area (Å²) in [6, 6.07) is 0. The molecule has 7 heteroatoms. The molecule has 0 spiro atoms. The molecule has 1 aromatic rings. The molecule has 0 amide bonds.